The summed E-state index contributed by atoms with van der Waals surface area (Å²) in [5, 5.41) is 6.24. The molecule has 0 aromatic heterocycles. The highest BCUT2D eigenvalue weighted by molar-refractivity contribution is 6.30. The largest absolute Gasteiger partial charge is 0.484 e. The van der Waals surface area contributed by atoms with Crippen molar-refractivity contribution in [3.05, 3.63) is 88.9 Å². The molecule has 0 saturated carbocycles. The lowest BCUT2D eigenvalue weighted by molar-refractivity contribution is -0.126. The second-order valence-electron chi connectivity index (χ2n) is 8.45. The van der Waals surface area contributed by atoms with Gasteiger partial charge in [-0.2, -0.15) is 0 Å². The zero-order valence-electron chi connectivity index (χ0n) is 19.3. The van der Waals surface area contributed by atoms with E-state index in [1.54, 1.807) is 53.4 Å². The molecule has 1 atom stereocenters. The minimum atomic E-state index is -0.402. The third-order valence-corrected chi connectivity index (χ3v) is 5.98. The van der Waals surface area contributed by atoms with Crippen molar-refractivity contribution in [2.24, 2.45) is 5.92 Å². The Morgan fingerprint density at radius 3 is 2.37 bits per heavy atom. The first-order chi connectivity index (χ1) is 16.9. The van der Waals surface area contributed by atoms with E-state index in [1.165, 1.54) is 0 Å². The van der Waals surface area contributed by atoms with Crippen LogP contribution in [-0.2, 0) is 20.9 Å². The number of halogens is 1. The number of nitrogens with zero attached hydrogens (tertiary/aromatic N) is 1. The number of amides is 3. The van der Waals surface area contributed by atoms with Crippen LogP contribution < -0.4 is 20.3 Å². The summed E-state index contributed by atoms with van der Waals surface area (Å²) in [6.45, 7) is 2.61. The summed E-state index contributed by atoms with van der Waals surface area (Å²) in [5.41, 5.74) is 3.49. The third-order valence-electron chi connectivity index (χ3n) is 5.73. The minimum absolute atomic E-state index is 0.100. The lowest BCUT2D eigenvalue weighted by Gasteiger charge is -2.17. The Kier molecular flexibility index (Phi) is 7.67. The van der Waals surface area contributed by atoms with Crippen molar-refractivity contribution in [3.8, 4) is 5.75 Å². The number of carbonyl (C=O) groups excluding carboxylic acids is 3. The second kappa shape index (κ2) is 11.1. The van der Waals surface area contributed by atoms with Gasteiger partial charge in [0.15, 0.2) is 6.61 Å². The van der Waals surface area contributed by atoms with E-state index in [0.29, 0.717) is 35.2 Å². The molecule has 0 unspecified atom stereocenters. The van der Waals surface area contributed by atoms with Gasteiger partial charge in [-0.05, 0) is 61.0 Å². The number of hydrogen-bond donors (Lipinski definition) is 2. The molecule has 1 heterocycles. The van der Waals surface area contributed by atoms with Gasteiger partial charge < -0.3 is 20.3 Å². The number of hydrogen-bond acceptors (Lipinski definition) is 4. The Labute approximate surface area is 209 Å². The molecule has 0 bridgehead atoms. The van der Waals surface area contributed by atoms with Gasteiger partial charge in [-0.15, -0.1) is 0 Å². The lowest BCUT2D eigenvalue weighted by atomic mass is 10.1. The SMILES string of the molecule is Cc1ccc(CNC(=O)[C@@H]2CC(=O)N(c3ccc(OCC(=O)Nc4ccc(Cl)cc4)cc3)C2)cc1. The van der Waals surface area contributed by atoms with Gasteiger partial charge in [0.25, 0.3) is 5.91 Å². The monoisotopic (exact) mass is 491 g/mol. The highest BCUT2D eigenvalue weighted by atomic mass is 35.5. The average Bonchev–Trinajstić information content (AvgIpc) is 3.25. The van der Waals surface area contributed by atoms with Gasteiger partial charge in [0.2, 0.25) is 11.8 Å². The molecule has 0 radical (unpaired) electrons. The predicted molar refractivity (Wildman–Crippen MR) is 136 cm³/mol. The molecule has 2 N–H and O–H groups in total. The van der Waals surface area contributed by atoms with Crippen LogP contribution in [0.2, 0.25) is 5.02 Å². The van der Waals surface area contributed by atoms with E-state index in [9.17, 15) is 14.4 Å². The van der Waals surface area contributed by atoms with Crippen molar-refractivity contribution in [2.75, 3.05) is 23.4 Å². The number of nitrogens with one attached hydrogen (secondary N) is 2. The van der Waals surface area contributed by atoms with E-state index in [-0.39, 0.29) is 30.7 Å². The van der Waals surface area contributed by atoms with Crippen LogP contribution in [0.15, 0.2) is 72.8 Å². The Balaban J connectivity index is 1.26. The van der Waals surface area contributed by atoms with Crippen molar-refractivity contribution in [2.45, 2.75) is 19.9 Å². The number of aryl methyl sites for hydroxylation is 1. The molecule has 3 aromatic rings. The topological polar surface area (TPSA) is 87.7 Å². The van der Waals surface area contributed by atoms with Crippen molar-refractivity contribution in [3.63, 3.8) is 0 Å². The Morgan fingerprint density at radius 1 is 1.00 bits per heavy atom. The first-order valence-corrected chi connectivity index (χ1v) is 11.7. The van der Waals surface area contributed by atoms with Gasteiger partial charge in [0, 0.05) is 35.9 Å². The molecular weight excluding hydrogens is 466 g/mol. The zero-order chi connectivity index (χ0) is 24.8. The van der Waals surface area contributed by atoms with Crippen LogP contribution in [0.4, 0.5) is 11.4 Å². The van der Waals surface area contributed by atoms with E-state index in [4.69, 9.17) is 16.3 Å². The summed E-state index contributed by atoms with van der Waals surface area (Å²) in [6, 6.07) is 21.6. The van der Waals surface area contributed by atoms with E-state index < -0.39 is 5.92 Å². The number of benzene rings is 3. The molecule has 0 aliphatic carbocycles. The maximum absolute atomic E-state index is 12.6. The molecule has 7 nitrogen and oxygen atoms in total. The van der Waals surface area contributed by atoms with E-state index >= 15 is 0 Å². The van der Waals surface area contributed by atoms with Crippen molar-refractivity contribution in [1.29, 1.82) is 0 Å². The fraction of sp³-hybridized carbons (Fsp3) is 0.222. The minimum Gasteiger partial charge on any atom is -0.484 e. The van der Waals surface area contributed by atoms with Crippen LogP contribution in [0.5, 0.6) is 5.75 Å². The molecule has 1 saturated heterocycles. The third kappa shape index (κ3) is 6.61. The van der Waals surface area contributed by atoms with Gasteiger partial charge >= 0.3 is 0 Å². The predicted octanol–water partition coefficient (Wildman–Crippen LogP) is 4.34. The zero-order valence-corrected chi connectivity index (χ0v) is 20.0. The van der Waals surface area contributed by atoms with E-state index in [0.717, 1.165) is 11.1 Å². The molecule has 3 aromatic carbocycles. The maximum atomic E-state index is 12.6. The Morgan fingerprint density at radius 2 is 1.69 bits per heavy atom. The highest BCUT2D eigenvalue weighted by Gasteiger charge is 2.35. The van der Waals surface area contributed by atoms with Gasteiger partial charge in [0.1, 0.15) is 5.75 Å². The number of rotatable bonds is 8. The summed E-state index contributed by atoms with van der Waals surface area (Å²) in [4.78, 5) is 38.8. The van der Waals surface area contributed by atoms with Crippen molar-refractivity contribution >= 4 is 40.7 Å². The number of ether oxygens (including phenoxy) is 1. The fourth-order valence-corrected chi connectivity index (χ4v) is 3.90. The normalized spacial score (nSPS) is 15.1. The summed E-state index contributed by atoms with van der Waals surface area (Å²) < 4.78 is 5.54. The maximum Gasteiger partial charge on any atom is 0.262 e. The van der Waals surface area contributed by atoms with Crippen LogP contribution in [0.1, 0.15) is 17.5 Å². The summed E-state index contributed by atoms with van der Waals surface area (Å²) in [5.74, 6) is -0.435. The van der Waals surface area contributed by atoms with E-state index in [2.05, 4.69) is 10.6 Å². The molecule has 3 amide bonds. The van der Waals surface area contributed by atoms with E-state index in [1.807, 2.05) is 31.2 Å². The summed E-state index contributed by atoms with van der Waals surface area (Å²) >= 11 is 5.84. The van der Waals surface area contributed by atoms with Crippen molar-refractivity contribution in [1.82, 2.24) is 5.32 Å². The number of anilines is 2. The van der Waals surface area contributed by atoms with Gasteiger partial charge in [-0.25, -0.2) is 0 Å². The Hall–Kier alpha value is -3.84. The smallest absolute Gasteiger partial charge is 0.262 e. The summed E-state index contributed by atoms with van der Waals surface area (Å²) in [6.07, 6.45) is 0.169. The van der Waals surface area contributed by atoms with Crippen molar-refractivity contribution < 1.29 is 19.1 Å². The van der Waals surface area contributed by atoms with Crippen LogP contribution >= 0.6 is 11.6 Å². The molecule has 8 heteroatoms. The Bertz CT molecular complexity index is 1190. The van der Waals surface area contributed by atoms with Gasteiger partial charge in [-0.1, -0.05) is 41.4 Å². The standard InChI is InChI=1S/C27H26ClN3O4/c1-18-2-4-19(5-3-18)15-29-27(34)20-14-26(33)31(16-20)23-10-12-24(13-11-23)35-17-25(32)30-22-8-6-21(28)7-9-22/h2-13,20H,14-17H2,1H3,(H,29,34)(H,30,32)/t20-/m1/s1. The fourth-order valence-electron chi connectivity index (χ4n) is 3.77. The first-order valence-electron chi connectivity index (χ1n) is 11.3. The molecule has 1 fully saturated rings. The van der Waals surface area contributed by atoms with Crippen LogP contribution in [0.3, 0.4) is 0 Å². The molecule has 4 rings (SSSR count). The van der Waals surface area contributed by atoms with Crippen LogP contribution in [0.25, 0.3) is 0 Å². The molecule has 1 aliphatic rings. The molecule has 35 heavy (non-hydrogen) atoms. The van der Waals surface area contributed by atoms with Gasteiger partial charge in [-0.3, -0.25) is 14.4 Å². The first kappa shape index (κ1) is 24.3. The highest BCUT2D eigenvalue weighted by Crippen LogP contribution is 2.27. The van der Waals surface area contributed by atoms with Crippen LogP contribution in [0, 0.1) is 12.8 Å². The van der Waals surface area contributed by atoms with Gasteiger partial charge in [0.05, 0.1) is 5.92 Å². The lowest BCUT2D eigenvalue weighted by Crippen LogP contribution is -2.32. The quantitative estimate of drug-likeness (QED) is 0.491. The van der Waals surface area contributed by atoms with Crippen LogP contribution in [-0.4, -0.2) is 30.9 Å². The average molecular weight is 492 g/mol. The number of carbonyl (C=O) groups is 3. The molecule has 180 valence electrons. The molecular formula is C27H26ClN3O4. The molecule has 0 spiro atoms. The molecule has 1 aliphatic heterocycles. The summed E-state index contributed by atoms with van der Waals surface area (Å²) in [7, 11) is 0. The second-order valence-corrected chi connectivity index (χ2v) is 8.88.